The molecule has 0 saturated carbocycles. The largest absolute Gasteiger partial charge is 0.477 e. The maximum atomic E-state index is 12.7. The molecule has 3 rings (SSSR count). The second-order valence-electron chi connectivity index (χ2n) is 5.56. The highest BCUT2D eigenvalue weighted by atomic mass is 32.2. The number of hydrazone groups is 1. The number of carboxylic acids is 1. The van der Waals surface area contributed by atoms with E-state index in [9.17, 15) is 14.7 Å². The highest BCUT2D eigenvalue weighted by molar-refractivity contribution is 8.03. The molecule has 1 aliphatic heterocycles. The summed E-state index contributed by atoms with van der Waals surface area (Å²) in [4.78, 5) is 28.5. The summed E-state index contributed by atoms with van der Waals surface area (Å²) in [5.41, 5.74) is 1.17. The number of hydrogen-bond donors (Lipinski definition) is 2. The van der Waals surface area contributed by atoms with Crippen molar-refractivity contribution < 1.29 is 14.7 Å². The Labute approximate surface area is 154 Å². The fourth-order valence-electron chi connectivity index (χ4n) is 2.41. The van der Waals surface area contributed by atoms with Gasteiger partial charge in [-0.3, -0.25) is 9.89 Å². The van der Waals surface area contributed by atoms with Crippen molar-refractivity contribution in [2.45, 2.75) is 25.4 Å². The molecule has 2 aromatic rings. The number of aromatic nitrogens is 3. The summed E-state index contributed by atoms with van der Waals surface area (Å²) in [6.07, 6.45) is 2.07. The zero-order valence-corrected chi connectivity index (χ0v) is 15.0. The number of nitrogens with zero attached hydrogens (tertiary/aromatic N) is 4. The number of benzene rings is 1. The number of para-hydroxylation sites is 1. The van der Waals surface area contributed by atoms with E-state index in [1.807, 2.05) is 25.1 Å². The fraction of sp³-hybridized carbons (Fsp3) is 0.235. The lowest BCUT2D eigenvalue weighted by atomic mass is 10.0. The molecule has 1 atom stereocenters. The molecule has 26 heavy (non-hydrogen) atoms. The molecule has 0 spiro atoms. The first-order valence-electron chi connectivity index (χ1n) is 7.98. The summed E-state index contributed by atoms with van der Waals surface area (Å²) < 4.78 is 0. The van der Waals surface area contributed by atoms with Crippen LogP contribution in [0.1, 0.15) is 19.7 Å². The van der Waals surface area contributed by atoms with Gasteiger partial charge in [0.25, 0.3) is 5.91 Å². The van der Waals surface area contributed by atoms with E-state index in [1.165, 1.54) is 11.1 Å². The van der Waals surface area contributed by atoms with Crippen molar-refractivity contribution in [1.82, 2.24) is 15.2 Å². The molecule has 8 nitrogen and oxygen atoms in total. The van der Waals surface area contributed by atoms with Crippen LogP contribution in [0.15, 0.2) is 51.6 Å². The average molecular weight is 371 g/mol. The minimum absolute atomic E-state index is 0.0190. The second kappa shape index (κ2) is 7.52. The Hall–Kier alpha value is -2.94. The van der Waals surface area contributed by atoms with Crippen LogP contribution in [0, 0.1) is 5.92 Å². The number of thioether (sulfide) groups is 1. The number of amides is 1. The number of H-pyrrole nitrogens is 1. The third-order valence-electron chi connectivity index (χ3n) is 3.76. The summed E-state index contributed by atoms with van der Waals surface area (Å²) in [6, 6.07) is 9.01. The third kappa shape index (κ3) is 3.67. The van der Waals surface area contributed by atoms with Gasteiger partial charge in [0.1, 0.15) is 5.82 Å². The first-order valence-corrected chi connectivity index (χ1v) is 8.79. The lowest BCUT2D eigenvalue weighted by molar-refractivity contribution is -0.131. The second-order valence-corrected chi connectivity index (χ2v) is 6.57. The number of hydrogen-bond acceptors (Lipinski definition) is 6. The molecule has 0 aliphatic carbocycles. The third-order valence-corrected chi connectivity index (χ3v) is 4.66. The van der Waals surface area contributed by atoms with E-state index < -0.39 is 11.9 Å². The topological polar surface area (TPSA) is 112 Å². The molecule has 1 aromatic carbocycles. The molecule has 0 unspecified atom stereocenters. The van der Waals surface area contributed by atoms with Crippen molar-refractivity contribution in [3.05, 3.63) is 47.1 Å². The van der Waals surface area contributed by atoms with Crippen LogP contribution in [0.25, 0.3) is 0 Å². The van der Waals surface area contributed by atoms with E-state index in [0.29, 0.717) is 28.8 Å². The number of aromatic amines is 1. The minimum atomic E-state index is -1.14. The predicted octanol–water partition coefficient (Wildman–Crippen LogP) is 2.47. The van der Waals surface area contributed by atoms with E-state index in [1.54, 1.807) is 19.1 Å². The van der Waals surface area contributed by atoms with Crippen LogP contribution in [0.3, 0.4) is 0 Å². The molecule has 134 valence electrons. The van der Waals surface area contributed by atoms with Gasteiger partial charge in [-0.1, -0.05) is 25.1 Å². The molecule has 0 saturated heterocycles. The highest BCUT2D eigenvalue weighted by Gasteiger charge is 2.34. The normalized spacial score (nSPS) is 17.5. The summed E-state index contributed by atoms with van der Waals surface area (Å²) >= 11 is 0.903. The Kier molecular flexibility index (Phi) is 5.17. The number of aryl methyl sites for hydroxylation is 1. The summed E-state index contributed by atoms with van der Waals surface area (Å²) in [5, 5.41) is 22.1. The maximum absolute atomic E-state index is 12.7. The predicted molar refractivity (Wildman–Crippen MR) is 97.9 cm³/mol. The molecule has 0 bridgehead atoms. The highest BCUT2D eigenvalue weighted by Crippen LogP contribution is 2.29. The van der Waals surface area contributed by atoms with Crippen LogP contribution in [0.5, 0.6) is 0 Å². The van der Waals surface area contributed by atoms with Crippen molar-refractivity contribution in [1.29, 1.82) is 0 Å². The van der Waals surface area contributed by atoms with E-state index in [0.717, 1.165) is 11.8 Å². The summed E-state index contributed by atoms with van der Waals surface area (Å²) in [7, 11) is 0. The molecule has 2 heterocycles. The molecule has 1 aliphatic rings. The van der Waals surface area contributed by atoms with E-state index in [-0.39, 0.29) is 10.8 Å². The number of carboxylic acid groups (broad SMARTS) is 1. The fourth-order valence-corrected chi connectivity index (χ4v) is 3.14. The molecular formula is C17H17N5O3S. The van der Waals surface area contributed by atoms with Gasteiger partial charge >= 0.3 is 5.97 Å². The molecule has 0 radical (unpaired) electrons. The van der Waals surface area contributed by atoms with Gasteiger partial charge in [0, 0.05) is 6.42 Å². The van der Waals surface area contributed by atoms with E-state index in [4.69, 9.17) is 0 Å². The summed E-state index contributed by atoms with van der Waals surface area (Å²) in [5.74, 6) is -1.51. The van der Waals surface area contributed by atoms with Crippen molar-refractivity contribution >= 4 is 35.0 Å². The van der Waals surface area contributed by atoms with Gasteiger partial charge in [0.15, 0.2) is 0 Å². The van der Waals surface area contributed by atoms with Crippen molar-refractivity contribution in [3.8, 4) is 0 Å². The minimum Gasteiger partial charge on any atom is -0.477 e. The van der Waals surface area contributed by atoms with Gasteiger partial charge in [-0.15, -0.1) is 5.10 Å². The van der Waals surface area contributed by atoms with Gasteiger partial charge in [-0.2, -0.15) is 10.1 Å². The Bertz CT molecular complexity index is 891. The quantitative estimate of drug-likeness (QED) is 0.596. The van der Waals surface area contributed by atoms with Gasteiger partial charge in [-0.05, 0) is 36.9 Å². The SMILES string of the molecule is CCc1nc(S/C(=C\[C@@H]2C(=O)N(c3ccccc3)N=C2C)C(=O)O)n[nH]1. The lowest BCUT2D eigenvalue weighted by Gasteiger charge is -2.12. The van der Waals surface area contributed by atoms with Gasteiger partial charge in [0.2, 0.25) is 5.16 Å². The van der Waals surface area contributed by atoms with E-state index in [2.05, 4.69) is 20.3 Å². The van der Waals surface area contributed by atoms with Gasteiger partial charge < -0.3 is 5.11 Å². The first kappa shape index (κ1) is 17.9. The van der Waals surface area contributed by atoms with Crippen LogP contribution in [-0.2, 0) is 16.0 Å². The van der Waals surface area contributed by atoms with Crippen molar-refractivity contribution in [2.24, 2.45) is 11.0 Å². The number of rotatable bonds is 6. The molecular weight excluding hydrogens is 354 g/mol. The molecule has 0 fully saturated rings. The maximum Gasteiger partial charge on any atom is 0.342 e. The average Bonchev–Trinajstić information content (AvgIpc) is 3.20. The zero-order valence-electron chi connectivity index (χ0n) is 14.2. The van der Waals surface area contributed by atoms with E-state index >= 15 is 0 Å². The van der Waals surface area contributed by atoms with Crippen LogP contribution in [-0.4, -0.2) is 37.9 Å². The number of anilines is 1. The van der Waals surface area contributed by atoms with Gasteiger partial charge in [-0.25, -0.2) is 9.78 Å². The smallest absolute Gasteiger partial charge is 0.342 e. The lowest BCUT2D eigenvalue weighted by Crippen LogP contribution is -2.26. The Morgan fingerprint density at radius 3 is 2.73 bits per heavy atom. The molecule has 1 amide bonds. The Morgan fingerprint density at radius 1 is 1.38 bits per heavy atom. The Balaban J connectivity index is 1.85. The number of nitrogens with one attached hydrogen (secondary N) is 1. The van der Waals surface area contributed by atoms with Crippen molar-refractivity contribution in [2.75, 3.05) is 5.01 Å². The Morgan fingerprint density at radius 2 is 2.12 bits per heavy atom. The first-order chi connectivity index (χ1) is 12.5. The number of carbonyl (C=O) groups is 2. The standard InChI is InChI=1S/C17H17N5O3S/c1-3-14-18-17(20-19-14)26-13(16(24)25)9-12-10(2)21-22(15(12)23)11-7-5-4-6-8-11/h4-9,12H,3H2,1-2H3,(H,24,25)(H,18,19,20)/b13-9-/t12-/m0/s1. The van der Waals surface area contributed by atoms with Crippen LogP contribution in [0.2, 0.25) is 0 Å². The van der Waals surface area contributed by atoms with Crippen molar-refractivity contribution in [3.63, 3.8) is 0 Å². The molecule has 1 aromatic heterocycles. The molecule has 2 N–H and O–H groups in total. The van der Waals surface area contributed by atoms with Crippen LogP contribution < -0.4 is 5.01 Å². The van der Waals surface area contributed by atoms with Gasteiger partial charge in [0.05, 0.1) is 22.2 Å². The number of aliphatic carboxylic acids is 1. The van der Waals surface area contributed by atoms with Crippen LogP contribution in [0.4, 0.5) is 5.69 Å². The monoisotopic (exact) mass is 371 g/mol. The summed E-state index contributed by atoms with van der Waals surface area (Å²) in [6.45, 7) is 3.62. The molecule has 9 heteroatoms. The number of carbonyl (C=O) groups excluding carboxylic acids is 1. The van der Waals surface area contributed by atoms with Crippen LogP contribution >= 0.6 is 11.8 Å². The zero-order chi connectivity index (χ0) is 18.7.